The summed E-state index contributed by atoms with van der Waals surface area (Å²) in [5.41, 5.74) is 0.282. The highest BCUT2D eigenvalue weighted by Crippen LogP contribution is 2.35. The summed E-state index contributed by atoms with van der Waals surface area (Å²) in [5, 5.41) is 18.6. The number of aromatic amines is 1. The summed E-state index contributed by atoms with van der Waals surface area (Å²) in [6, 6.07) is 11.0. The normalized spacial score (nSPS) is 11.4. The zero-order valence-electron chi connectivity index (χ0n) is 13.6. The number of benzene rings is 2. The number of carbonyl (C=O) groups excluding carboxylic acids is 1. The Morgan fingerprint density at radius 2 is 1.88 bits per heavy atom. The van der Waals surface area contributed by atoms with Crippen LogP contribution in [0.25, 0.3) is 11.3 Å². The van der Waals surface area contributed by atoms with Gasteiger partial charge in [-0.3, -0.25) is 9.89 Å². The maximum Gasteiger partial charge on any atom is 0.418 e. The van der Waals surface area contributed by atoms with E-state index in [1.165, 1.54) is 30.3 Å². The molecule has 0 aliphatic rings. The molecule has 0 fully saturated rings. The van der Waals surface area contributed by atoms with E-state index in [0.29, 0.717) is 11.3 Å². The molecule has 3 N–H and O–H groups in total. The van der Waals surface area contributed by atoms with Crippen LogP contribution in [0.5, 0.6) is 5.75 Å². The van der Waals surface area contributed by atoms with Gasteiger partial charge < -0.3 is 10.4 Å². The number of amides is 1. The SMILES string of the molecule is Cc1ccc(O)c(-c2cc(C(=O)Nc3ccccc3C(F)(F)F)[nH]n2)c1. The lowest BCUT2D eigenvalue weighted by Crippen LogP contribution is -2.16. The van der Waals surface area contributed by atoms with Gasteiger partial charge in [0.05, 0.1) is 16.9 Å². The minimum absolute atomic E-state index is 0.0172. The second-order valence-corrected chi connectivity index (χ2v) is 5.68. The number of nitrogens with one attached hydrogen (secondary N) is 2. The summed E-state index contributed by atoms with van der Waals surface area (Å²) in [6.07, 6.45) is -4.59. The minimum Gasteiger partial charge on any atom is -0.507 e. The van der Waals surface area contributed by atoms with Crippen molar-refractivity contribution < 1.29 is 23.1 Å². The molecule has 3 aromatic rings. The van der Waals surface area contributed by atoms with Crippen molar-refractivity contribution >= 4 is 11.6 Å². The van der Waals surface area contributed by atoms with Gasteiger partial charge in [0.2, 0.25) is 0 Å². The van der Waals surface area contributed by atoms with Crippen LogP contribution < -0.4 is 5.32 Å². The Morgan fingerprint density at radius 3 is 2.62 bits per heavy atom. The van der Waals surface area contributed by atoms with Crippen LogP contribution in [0.4, 0.5) is 18.9 Å². The molecule has 0 unspecified atom stereocenters. The van der Waals surface area contributed by atoms with Crippen LogP contribution in [0.15, 0.2) is 48.5 Å². The van der Waals surface area contributed by atoms with E-state index < -0.39 is 17.6 Å². The molecule has 0 atom stereocenters. The Kier molecular flexibility index (Phi) is 4.41. The van der Waals surface area contributed by atoms with Gasteiger partial charge in [0, 0.05) is 5.56 Å². The van der Waals surface area contributed by atoms with Crippen molar-refractivity contribution in [3.63, 3.8) is 0 Å². The molecule has 0 radical (unpaired) electrons. The molecule has 26 heavy (non-hydrogen) atoms. The summed E-state index contributed by atoms with van der Waals surface area (Å²) in [7, 11) is 0. The molecule has 1 aromatic heterocycles. The first-order valence-electron chi connectivity index (χ1n) is 7.58. The Bertz CT molecular complexity index is 964. The maximum absolute atomic E-state index is 13.0. The summed E-state index contributed by atoms with van der Waals surface area (Å²) >= 11 is 0. The number of aromatic hydroxyl groups is 1. The largest absolute Gasteiger partial charge is 0.507 e. The van der Waals surface area contributed by atoms with Crippen LogP contribution in [0.3, 0.4) is 0 Å². The molecule has 134 valence electrons. The van der Waals surface area contributed by atoms with Crippen molar-refractivity contribution in [3.05, 3.63) is 65.4 Å². The van der Waals surface area contributed by atoms with Crippen molar-refractivity contribution in [2.75, 3.05) is 5.32 Å². The number of rotatable bonds is 3. The average Bonchev–Trinajstić information content (AvgIpc) is 3.06. The van der Waals surface area contributed by atoms with Crippen LogP contribution in [0.2, 0.25) is 0 Å². The number of phenols is 1. The molecule has 1 amide bonds. The summed E-state index contributed by atoms with van der Waals surface area (Å²) in [5.74, 6) is -0.788. The maximum atomic E-state index is 13.0. The van der Waals surface area contributed by atoms with E-state index in [-0.39, 0.29) is 17.1 Å². The molecule has 1 heterocycles. The van der Waals surface area contributed by atoms with Crippen LogP contribution in [0.1, 0.15) is 21.6 Å². The number of halogens is 3. The summed E-state index contributed by atoms with van der Waals surface area (Å²) < 4.78 is 39.0. The predicted octanol–water partition coefficient (Wildman–Crippen LogP) is 4.36. The number of hydrogen-bond donors (Lipinski definition) is 3. The smallest absolute Gasteiger partial charge is 0.418 e. The number of aromatic nitrogens is 2. The van der Waals surface area contributed by atoms with Crippen molar-refractivity contribution in [3.8, 4) is 17.0 Å². The number of aryl methyl sites for hydroxylation is 1. The van der Waals surface area contributed by atoms with E-state index >= 15 is 0 Å². The molecule has 0 saturated heterocycles. The topological polar surface area (TPSA) is 78.0 Å². The molecule has 2 aromatic carbocycles. The Balaban J connectivity index is 1.87. The molecule has 5 nitrogen and oxygen atoms in total. The van der Waals surface area contributed by atoms with Gasteiger partial charge in [-0.25, -0.2) is 0 Å². The first-order chi connectivity index (χ1) is 12.3. The van der Waals surface area contributed by atoms with Gasteiger partial charge in [-0.15, -0.1) is 0 Å². The van der Waals surface area contributed by atoms with Gasteiger partial charge in [-0.05, 0) is 37.3 Å². The van der Waals surface area contributed by atoms with Gasteiger partial charge in [0.1, 0.15) is 11.4 Å². The Morgan fingerprint density at radius 1 is 1.15 bits per heavy atom. The number of anilines is 1. The fourth-order valence-corrected chi connectivity index (χ4v) is 2.46. The third-order valence-corrected chi connectivity index (χ3v) is 3.73. The number of H-pyrrole nitrogens is 1. The molecule has 8 heteroatoms. The standard InChI is InChI=1S/C18H14F3N3O2/c1-10-6-7-16(25)11(8-10)14-9-15(24-23-14)17(26)22-13-5-3-2-4-12(13)18(19,20)21/h2-9,25H,1H3,(H,22,26)(H,23,24). The number of para-hydroxylation sites is 1. The lowest BCUT2D eigenvalue weighted by molar-refractivity contribution is -0.136. The number of nitrogens with zero attached hydrogens (tertiary/aromatic N) is 1. The van der Waals surface area contributed by atoms with Crippen molar-refractivity contribution in [2.45, 2.75) is 13.1 Å². The molecule has 0 spiro atoms. The van der Waals surface area contributed by atoms with E-state index in [9.17, 15) is 23.1 Å². The highest BCUT2D eigenvalue weighted by atomic mass is 19.4. The first-order valence-corrected chi connectivity index (χ1v) is 7.58. The second kappa shape index (κ2) is 6.55. The highest BCUT2D eigenvalue weighted by Gasteiger charge is 2.33. The highest BCUT2D eigenvalue weighted by molar-refractivity contribution is 6.04. The molecular formula is C18H14F3N3O2. The minimum atomic E-state index is -4.59. The lowest BCUT2D eigenvalue weighted by Gasteiger charge is -2.12. The fourth-order valence-electron chi connectivity index (χ4n) is 2.46. The third kappa shape index (κ3) is 3.53. The third-order valence-electron chi connectivity index (χ3n) is 3.73. The monoisotopic (exact) mass is 361 g/mol. The first kappa shape index (κ1) is 17.5. The molecule has 0 saturated carbocycles. The van der Waals surface area contributed by atoms with E-state index in [1.54, 1.807) is 12.1 Å². The summed E-state index contributed by atoms with van der Waals surface area (Å²) in [6.45, 7) is 1.83. The van der Waals surface area contributed by atoms with E-state index in [0.717, 1.165) is 11.6 Å². The van der Waals surface area contributed by atoms with Crippen LogP contribution in [-0.4, -0.2) is 21.2 Å². The van der Waals surface area contributed by atoms with Gasteiger partial charge in [0.25, 0.3) is 5.91 Å². The van der Waals surface area contributed by atoms with Crippen molar-refractivity contribution in [2.24, 2.45) is 0 Å². The molecule has 0 aliphatic heterocycles. The van der Waals surface area contributed by atoms with Gasteiger partial charge in [-0.1, -0.05) is 23.8 Å². The number of hydrogen-bond acceptors (Lipinski definition) is 3. The number of phenolic OH excluding ortho intramolecular Hbond substituents is 1. The van der Waals surface area contributed by atoms with Gasteiger partial charge in [0.15, 0.2) is 0 Å². The molecule has 0 bridgehead atoms. The average molecular weight is 361 g/mol. The quantitative estimate of drug-likeness (QED) is 0.649. The fraction of sp³-hybridized carbons (Fsp3) is 0.111. The van der Waals surface area contributed by atoms with Crippen LogP contribution in [0, 0.1) is 6.92 Å². The van der Waals surface area contributed by atoms with E-state index in [4.69, 9.17) is 0 Å². The van der Waals surface area contributed by atoms with E-state index in [1.807, 2.05) is 6.92 Å². The Labute approximate surface area is 146 Å². The molecule has 0 aliphatic carbocycles. The zero-order chi connectivity index (χ0) is 18.9. The van der Waals surface area contributed by atoms with Crippen molar-refractivity contribution in [1.82, 2.24) is 10.2 Å². The van der Waals surface area contributed by atoms with Crippen LogP contribution in [-0.2, 0) is 6.18 Å². The number of carbonyl (C=O) groups is 1. The lowest BCUT2D eigenvalue weighted by atomic mass is 10.1. The van der Waals surface area contributed by atoms with Crippen molar-refractivity contribution in [1.29, 1.82) is 0 Å². The number of alkyl halides is 3. The zero-order valence-corrected chi connectivity index (χ0v) is 13.6. The van der Waals surface area contributed by atoms with Gasteiger partial charge >= 0.3 is 6.18 Å². The molecule has 3 rings (SSSR count). The van der Waals surface area contributed by atoms with Gasteiger partial charge in [-0.2, -0.15) is 18.3 Å². The molecular weight excluding hydrogens is 347 g/mol. The Hall–Kier alpha value is -3.29. The second-order valence-electron chi connectivity index (χ2n) is 5.68. The predicted molar refractivity (Wildman–Crippen MR) is 89.8 cm³/mol. The van der Waals surface area contributed by atoms with E-state index in [2.05, 4.69) is 15.5 Å². The van der Waals surface area contributed by atoms with Crippen LogP contribution >= 0.6 is 0 Å². The summed E-state index contributed by atoms with van der Waals surface area (Å²) in [4.78, 5) is 12.3.